The van der Waals surface area contributed by atoms with Gasteiger partial charge in [0.1, 0.15) is 5.75 Å². The molecular formula is C25H18Cl2N2O3. The van der Waals surface area contributed by atoms with Crippen LogP contribution in [0.25, 0.3) is 10.8 Å². The molecule has 2 N–H and O–H groups in total. The minimum Gasteiger partial charge on any atom is -0.484 e. The van der Waals surface area contributed by atoms with Crippen LogP contribution in [0.3, 0.4) is 0 Å². The lowest BCUT2D eigenvalue weighted by Crippen LogP contribution is -2.20. The number of fused-ring (bicyclic) bond motifs is 1. The molecule has 0 aliphatic heterocycles. The van der Waals surface area contributed by atoms with Crippen LogP contribution in [-0.2, 0) is 4.79 Å². The topological polar surface area (TPSA) is 67.4 Å². The highest BCUT2D eigenvalue weighted by atomic mass is 35.5. The Kier molecular flexibility index (Phi) is 6.59. The number of carbonyl (C=O) groups is 2. The fraction of sp³-hybridized carbons (Fsp3) is 0.0400. The lowest BCUT2D eigenvalue weighted by molar-refractivity contribution is -0.118. The van der Waals surface area contributed by atoms with E-state index in [1.54, 1.807) is 36.4 Å². The molecule has 5 nitrogen and oxygen atoms in total. The minimum atomic E-state index is -0.380. The number of rotatable bonds is 6. The van der Waals surface area contributed by atoms with Gasteiger partial charge < -0.3 is 15.4 Å². The van der Waals surface area contributed by atoms with Gasteiger partial charge in [-0.2, -0.15) is 0 Å². The fourth-order valence-electron chi connectivity index (χ4n) is 3.15. The van der Waals surface area contributed by atoms with Crippen molar-refractivity contribution in [2.75, 3.05) is 17.2 Å². The molecule has 0 saturated carbocycles. The van der Waals surface area contributed by atoms with E-state index in [1.807, 2.05) is 42.5 Å². The second kappa shape index (κ2) is 9.73. The Morgan fingerprint density at radius 2 is 1.50 bits per heavy atom. The summed E-state index contributed by atoms with van der Waals surface area (Å²) in [4.78, 5) is 24.8. The van der Waals surface area contributed by atoms with E-state index in [0.29, 0.717) is 27.7 Å². The SMILES string of the molecule is O=C(COc1ccc2ccccc2c1)Nc1cccc(NC(=O)c2ccc(Cl)cc2Cl)c1. The van der Waals surface area contributed by atoms with Gasteiger partial charge in [-0.1, -0.05) is 59.6 Å². The highest BCUT2D eigenvalue weighted by Gasteiger charge is 2.12. The van der Waals surface area contributed by atoms with Crippen molar-refractivity contribution in [2.45, 2.75) is 0 Å². The third-order valence-corrected chi connectivity index (χ3v) is 5.22. The van der Waals surface area contributed by atoms with Crippen molar-refractivity contribution < 1.29 is 14.3 Å². The van der Waals surface area contributed by atoms with E-state index in [-0.39, 0.29) is 23.4 Å². The summed E-state index contributed by atoms with van der Waals surface area (Å²) in [7, 11) is 0. The molecule has 0 bridgehead atoms. The maximum absolute atomic E-state index is 12.5. The molecule has 32 heavy (non-hydrogen) atoms. The number of anilines is 2. The summed E-state index contributed by atoms with van der Waals surface area (Å²) < 4.78 is 5.62. The van der Waals surface area contributed by atoms with Crippen LogP contribution in [0.2, 0.25) is 10.0 Å². The van der Waals surface area contributed by atoms with E-state index in [0.717, 1.165) is 10.8 Å². The third kappa shape index (κ3) is 5.38. The first kappa shape index (κ1) is 21.7. The van der Waals surface area contributed by atoms with E-state index >= 15 is 0 Å². The molecule has 0 spiro atoms. The van der Waals surface area contributed by atoms with Crippen molar-refractivity contribution in [1.82, 2.24) is 0 Å². The molecule has 4 rings (SSSR count). The first-order chi connectivity index (χ1) is 15.5. The molecule has 0 aliphatic rings. The standard InChI is InChI=1S/C25H18Cl2N2O3/c26-18-9-11-22(23(27)13-18)25(31)29-20-7-3-6-19(14-20)28-24(30)15-32-21-10-8-16-4-1-2-5-17(16)12-21/h1-14H,15H2,(H,28,30)(H,29,31). The van der Waals surface area contributed by atoms with E-state index in [4.69, 9.17) is 27.9 Å². The number of hydrogen-bond donors (Lipinski definition) is 2. The smallest absolute Gasteiger partial charge is 0.262 e. The number of amides is 2. The summed E-state index contributed by atoms with van der Waals surface area (Å²) in [6.07, 6.45) is 0. The summed E-state index contributed by atoms with van der Waals surface area (Å²) in [5.74, 6) is -0.0862. The van der Waals surface area contributed by atoms with E-state index in [2.05, 4.69) is 10.6 Å². The quantitative estimate of drug-likeness (QED) is 0.346. The normalized spacial score (nSPS) is 10.6. The molecule has 2 amide bonds. The Morgan fingerprint density at radius 3 is 2.28 bits per heavy atom. The number of hydrogen-bond acceptors (Lipinski definition) is 3. The molecule has 7 heteroatoms. The van der Waals surface area contributed by atoms with Crippen LogP contribution in [0.15, 0.2) is 84.9 Å². The molecule has 160 valence electrons. The Balaban J connectivity index is 1.36. The van der Waals surface area contributed by atoms with Crippen LogP contribution < -0.4 is 15.4 Å². The van der Waals surface area contributed by atoms with Crippen LogP contribution in [0.5, 0.6) is 5.75 Å². The predicted molar refractivity (Wildman–Crippen MR) is 129 cm³/mol. The van der Waals surface area contributed by atoms with E-state index in [9.17, 15) is 9.59 Å². The third-order valence-electron chi connectivity index (χ3n) is 4.67. The molecule has 0 fully saturated rings. The molecule has 0 aliphatic carbocycles. The molecule has 0 atom stereocenters. The average Bonchev–Trinajstić information content (AvgIpc) is 2.77. The zero-order chi connectivity index (χ0) is 22.5. The predicted octanol–water partition coefficient (Wildman–Crippen LogP) is 6.42. The Hall–Kier alpha value is -3.54. The van der Waals surface area contributed by atoms with Gasteiger partial charge in [-0.05, 0) is 59.3 Å². The van der Waals surface area contributed by atoms with E-state index < -0.39 is 0 Å². The number of carbonyl (C=O) groups excluding carboxylic acids is 2. The summed E-state index contributed by atoms with van der Waals surface area (Å²) in [6.45, 7) is -0.144. The van der Waals surface area contributed by atoms with Gasteiger partial charge in [0.05, 0.1) is 10.6 Å². The Labute approximate surface area is 194 Å². The zero-order valence-electron chi connectivity index (χ0n) is 16.8. The van der Waals surface area contributed by atoms with Crippen molar-refractivity contribution >= 4 is 57.2 Å². The van der Waals surface area contributed by atoms with Crippen molar-refractivity contribution in [1.29, 1.82) is 0 Å². The van der Waals surface area contributed by atoms with Crippen LogP contribution >= 0.6 is 23.2 Å². The first-order valence-electron chi connectivity index (χ1n) is 9.76. The second-order valence-electron chi connectivity index (χ2n) is 7.00. The van der Waals surface area contributed by atoms with Gasteiger partial charge in [-0.3, -0.25) is 9.59 Å². The van der Waals surface area contributed by atoms with Gasteiger partial charge >= 0.3 is 0 Å². The molecule has 4 aromatic rings. The summed E-state index contributed by atoms with van der Waals surface area (Å²) in [6, 6.07) is 25.0. The zero-order valence-corrected chi connectivity index (χ0v) is 18.3. The van der Waals surface area contributed by atoms with Crippen LogP contribution in [0, 0.1) is 0 Å². The lowest BCUT2D eigenvalue weighted by Gasteiger charge is -2.11. The van der Waals surface area contributed by atoms with Gasteiger partial charge in [0.15, 0.2) is 6.61 Å². The number of benzene rings is 4. The highest BCUT2D eigenvalue weighted by molar-refractivity contribution is 6.37. The summed E-state index contributed by atoms with van der Waals surface area (Å²) >= 11 is 12.0. The maximum atomic E-state index is 12.5. The maximum Gasteiger partial charge on any atom is 0.262 e. The number of ether oxygens (including phenoxy) is 1. The Bertz CT molecular complexity index is 1310. The number of halogens is 2. The van der Waals surface area contributed by atoms with Crippen molar-refractivity contribution in [2.24, 2.45) is 0 Å². The van der Waals surface area contributed by atoms with E-state index in [1.165, 1.54) is 6.07 Å². The molecule has 0 heterocycles. The molecule has 4 aromatic carbocycles. The highest BCUT2D eigenvalue weighted by Crippen LogP contribution is 2.23. The lowest BCUT2D eigenvalue weighted by atomic mass is 10.1. The van der Waals surface area contributed by atoms with Crippen LogP contribution in [0.1, 0.15) is 10.4 Å². The molecular weight excluding hydrogens is 447 g/mol. The van der Waals surface area contributed by atoms with Crippen molar-refractivity contribution in [3.8, 4) is 5.75 Å². The van der Waals surface area contributed by atoms with Crippen molar-refractivity contribution in [3.63, 3.8) is 0 Å². The largest absolute Gasteiger partial charge is 0.484 e. The summed E-state index contributed by atoms with van der Waals surface area (Å²) in [5, 5.41) is 8.36. The van der Waals surface area contributed by atoms with Crippen LogP contribution in [0.4, 0.5) is 11.4 Å². The molecule has 0 saturated heterocycles. The van der Waals surface area contributed by atoms with Gasteiger partial charge in [-0.25, -0.2) is 0 Å². The van der Waals surface area contributed by atoms with Crippen molar-refractivity contribution in [3.05, 3.63) is 101 Å². The minimum absolute atomic E-state index is 0.144. The van der Waals surface area contributed by atoms with Gasteiger partial charge in [0.2, 0.25) is 0 Å². The molecule has 0 radical (unpaired) electrons. The van der Waals surface area contributed by atoms with Gasteiger partial charge in [-0.15, -0.1) is 0 Å². The summed E-state index contributed by atoms with van der Waals surface area (Å²) in [5.41, 5.74) is 1.33. The van der Waals surface area contributed by atoms with Gasteiger partial charge in [0, 0.05) is 16.4 Å². The Morgan fingerprint density at radius 1 is 0.750 bits per heavy atom. The monoisotopic (exact) mass is 464 g/mol. The van der Waals surface area contributed by atoms with Gasteiger partial charge in [0.25, 0.3) is 11.8 Å². The number of nitrogens with one attached hydrogen (secondary N) is 2. The average molecular weight is 465 g/mol. The fourth-order valence-corrected chi connectivity index (χ4v) is 3.64. The van der Waals surface area contributed by atoms with Crippen LogP contribution in [-0.4, -0.2) is 18.4 Å². The molecule has 0 aromatic heterocycles. The molecule has 0 unspecified atom stereocenters. The first-order valence-corrected chi connectivity index (χ1v) is 10.5. The second-order valence-corrected chi connectivity index (χ2v) is 7.85.